The van der Waals surface area contributed by atoms with E-state index in [1.165, 1.54) is 4.90 Å². The zero-order valence-electron chi connectivity index (χ0n) is 15.9. The van der Waals surface area contributed by atoms with Crippen LogP contribution in [0.3, 0.4) is 0 Å². The number of nitrogens with zero attached hydrogens (tertiary/aromatic N) is 1. The minimum atomic E-state index is -3.09. The van der Waals surface area contributed by atoms with E-state index < -0.39 is 22.4 Å². The van der Waals surface area contributed by atoms with E-state index in [-0.39, 0.29) is 23.5 Å². The van der Waals surface area contributed by atoms with Gasteiger partial charge in [-0.3, -0.25) is 4.79 Å². The third-order valence-electron chi connectivity index (χ3n) is 4.63. The van der Waals surface area contributed by atoms with Gasteiger partial charge >= 0.3 is 5.97 Å². The molecule has 1 saturated heterocycles. The molecule has 1 atom stereocenters. The SMILES string of the molecule is CCCCNc1ccccc1C(=O)OCC(=O)N(CC)C1CCS(=O)(=O)C1. The quantitative estimate of drug-likeness (QED) is 0.508. The summed E-state index contributed by atoms with van der Waals surface area (Å²) in [5.74, 6) is -0.870. The Hall–Kier alpha value is -2.09. The van der Waals surface area contributed by atoms with Crippen LogP contribution in [-0.2, 0) is 19.4 Å². The van der Waals surface area contributed by atoms with Crippen molar-refractivity contribution in [3.05, 3.63) is 29.8 Å². The van der Waals surface area contributed by atoms with Crippen LogP contribution in [0.1, 0.15) is 43.5 Å². The first-order chi connectivity index (χ1) is 12.9. The molecule has 1 aromatic carbocycles. The molecular formula is C19H28N2O5S. The molecule has 8 heteroatoms. The van der Waals surface area contributed by atoms with E-state index in [1.54, 1.807) is 25.1 Å². The second-order valence-corrected chi connectivity index (χ2v) is 8.87. The largest absolute Gasteiger partial charge is 0.452 e. The lowest BCUT2D eigenvalue weighted by atomic mass is 10.1. The minimum absolute atomic E-state index is 0.0231. The maximum atomic E-state index is 12.4. The minimum Gasteiger partial charge on any atom is -0.452 e. The van der Waals surface area contributed by atoms with Crippen molar-refractivity contribution in [2.24, 2.45) is 0 Å². The topological polar surface area (TPSA) is 92.8 Å². The molecule has 1 aliphatic heterocycles. The number of sulfone groups is 1. The summed E-state index contributed by atoms with van der Waals surface area (Å²) in [6, 6.07) is 6.69. The lowest BCUT2D eigenvalue weighted by Crippen LogP contribution is -2.43. The highest BCUT2D eigenvalue weighted by Gasteiger charge is 2.34. The summed E-state index contributed by atoms with van der Waals surface area (Å²) >= 11 is 0. The predicted octanol–water partition coefficient (Wildman–Crippen LogP) is 2.09. The van der Waals surface area contributed by atoms with Crippen LogP contribution in [0.5, 0.6) is 0 Å². The molecule has 0 aliphatic carbocycles. The number of rotatable bonds is 9. The highest BCUT2D eigenvalue weighted by Crippen LogP contribution is 2.19. The Balaban J connectivity index is 1.95. The first-order valence-corrected chi connectivity index (χ1v) is 11.2. The Kier molecular flexibility index (Phi) is 7.65. The van der Waals surface area contributed by atoms with Crippen LogP contribution in [0.2, 0.25) is 0 Å². The van der Waals surface area contributed by atoms with Crippen molar-refractivity contribution in [3.8, 4) is 0 Å². The van der Waals surface area contributed by atoms with Gasteiger partial charge in [-0.2, -0.15) is 0 Å². The van der Waals surface area contributed by atoms with Gasteiger partial charge in [0.05, 0.1) is 17.1 Å². The molecule has 0 radical (unpaired) electrons. The van der Waals surface area contributed by atoms with Gasteiger partial charge in [-0.1, -0.05) is 25.5 Å². The van der Waals surface area contributed by atoms with Gasteiger partial charge in [0.2, 0.25) is 0 Å². The fourth-order valence-electron chi connectivity index (χ4n) is 3.16. The number of carbonyl (C=O) groups excluding carboxylic acids is 2. The van der Waals surface area contributed by atoms with Crippen LogP contribution in [0.4, 0.5) is 5.69 Å². The Morgan fingerprint density at radius 1 is 1.26 bits per heavy atom. The molecule has 0 aromatic heterocycles. The maximum Gasteiger partial charge on any atom is 0.340 e. The molecular weight excluding hydrogens is 368 g/mol. The van der Waals surface area contributed by atoms with Gasteiger partial charge in [-0.05, 0) is 31.9 Å². The summed E-state index contributed by atoms with van der Waals surface area (Å²) in [6.07, 6.45) is 2.45. The number of hydrogen-bond acceptors (Lipinski definition) is 6. The summed E-state index contributed by atoms with van der Waals surface area (Å²) in [6.45, 7) is 4.61. The number of para-hydroxylation sites is 1. The third-order valence-corrected chi connectivity index (χ3v) is 6.38. The predicted molar refractivity (Wildman–Crippen MR) is 105 cm³/mol. The zero-order chi connectivity index (χ0) is 19.9. The highest BCUT2D eigenvalue weighted by molar-refractivity contribution is 7.91. The molecule has 1 aliphatic rings. The Labute approximate surface area is 161 Å². The number of benzene rings is 1. The van der Waals surface area contributed by atoms with E-state index in [9.17, 15) is 18.0 Å². The summed E-state index contributed by atoms with van der Waals surface area (Å²) in [5, 5.41) is 3.21. The van der Waals surface area contributed by atoms with Crippen LogP contribution in [0, 0.1) is 0 Å². The summed E-state index contributed by atoms with van der Waals surface area (Å²) < 4.78 is 28.5. The fraction of sp³-hybridized carbons (Fsp3) is 0.579. The third kappa shape index (κ3) is 5.95. The molecule has 1 amide bonds. The first kappa shape index (κ1) is 21.2. The van der Waals surface area contributed by atoms with Gasteiger partial charge in [-0.25, -0.2) is 13.2 Å². The molecule has 0 saturated carbocycles. The average molecular weight is 397 g/mol. The van der Waals surface area contributed by atoms with Crippen LogP contribution in [0.25, 0.3) is 0 Å². The van der Waals surface area contributed by atoms with Crippen LogP contribution < -0.4 is 5.32 Å². The van der Waals surface area contributed by atoms with Gasteiger partial charge in [0.25, 0.3) is 5.91 Å². The number of anilines is 1. The van der Waals surface area contributed by atoms with Crippen molar-refractivity contribution in [1.82, 2.24) is 4.90 Å². The number of esters is 1. The summed E-state index contributed by atoms with van der Waals surface area (Å²) in [7, 11) is -3.09. The van der Waals surface area contributed by atoms with E-state index in [0.29, 0.717) is 24.2 Å². The van der Waals surface area contributed by atoms with Crippen LogP contribution >= 0.6 is 0 Å². The van der Waals surface area contributed by atoms with E-state index in [1.807, 2.05) is 6.07 Å². The number of carbonyl (C=O) groups is 2. The molecule has 2 rings (SSSR count). The van der Waals surface area contributed by atoms with Crippen molar-refractivity contribution in [1.29, 1.82) is 0 Å². The average Bonchev–Trinajstić information content (AvgIpc) is 3.00. The molecule has 27 heavy (non-hydrogen) atoms. The van der Waals surface area contributed by atoms with E-state index in [0.717, 1.165) is 19.4 Å². The van der Waals surface area contributed by atoms with Gasteiger partial charge in [0.1, 0.15) is 0 Å². The van der Waals surface area contributed by atoms with E-state index >= 15 is 0 Å². The fourth-order valence-corrected chi connectivity index (χ4v) is 4.89. The Bertz CT molecular complexity index is 763. The molecule has 1 fully saturated rings. The molecule has 1 aromatic rings. The maximum absolute atomic E-state index is 12.4. The second kappa shape index (κ2) is 9.73. The molecule has 1 unspecified atom stereocenters. The zero-order valence-corrected chi connectivity index (χ0v) is 16.8. The molecule has 1 heterocycles. The Morgan fingerprint density at radius 2 is 2.00 bits per heavy atom. The number of unbranched alkanes of at least 4 members (excludes halogenated alkanes) is 1. The molecule has 1 N–H and O–H groups in total. The van der Waals surface area contributed by atoms with Gasteiger partial charge in [0.15, 0.2) is 16.4 Å². The Morgan fingerprint density at radius 3 is 2.63 bits per heavy atom. The number of amides is 1. The smallest absolute Gasteiger partial charge is 0.340 e. The first-order valence-electron chi connectivity index (χ1n) is 9.37. The molecule has 150 valence electrons. The lowest BCUT2D eigenvalue weighted by Gasteiger charge is -2.26. The van der Waals surface area contributed by atoms with Crippen molar-refractivity contribution < 1.29 is 22.7 Å². The number of nitrogens with one attached hydrogen (secondary N) is 1. The van der Waals surface area contributed by atoms with Crippen molar-refractivity contribution in [2.45, 2.75) is 39.2 Å². The van der Waals surface area contributed by atoms with E-state index in [2.05, 4.69) is 12.2 Å². The van der Waals surface area contributed by atoms with Crippen molar-refractivity contribution in [3.63, 3.8) is 0 Å². The number of ether oxygens (including phenoxy) is 1. The summed E-state index contributed by atoms with van der Waals surface area (Å²) in [4.78, 5) is 26.3. The molecule has 7 nitrogen and oxygen atoms in total. The second-order valence-electron chi connectivity index (χ2n) is 6.64. The van der Waals surface area contributed by atoms with Gasteiger partial charge < -0.3 is 15.0 Å². The molecule has 0 bridgehead atoms. The summed E-state index contributed by atoms with van der Waals surface area (Å²) in [5.41, 5.74) is 1.06. The van der Waals surface area contributed by atoms with Gasteiger partial charge in [-0.15, -0.1) is 0 Å². The normalized spacial score (nSPS) is 18.1. The van der Waals surface area contributed by atoms with E-state index in [4.69, 9.17) is 4.74 Å². The number of likely N-dealkylation sites (N-methyl/N-ethyl adjacent to an activating group) is 1. The standard InChI is InChI=1S/C19H28N2O5S/c1-3-5-11-20-17-9-7-6-8-16(17)19(23)26-13-18(22)21(4-2)15-10-12-27(24,25)14-15/h6-9,15,20H,3-5,10-14H2,1-2H3. The highest BCUT2D eigenvalue weighted by atomic mass is 32.2. The van der Waals surface area contributed by atoms with Crippen LogP contribution in [0.15, 0.2) is 24.3 Å². The van der Waals surface area contributed by atoms with Crippen LogP contribution in [-0.4, -0.2) is 62.4 Å². The van der Waals surface area contributed by atoms with Crippen molar-refractivity contribution in [2.75, 3.05) is 36.5 Å². The monoisotopic (exact) mass is 396 g/mol. The lowest BCUT2D eigenvalue weighted by molar-refractivity contribution is -0.136. The van der Waals surface area contributed by atoms with Gasteiger partial charge in [0, 0.05) is 24.8 Å². The van der Waals surface area contributed by atoms with Crippen molar-refractivity contribution >= 4 is 27.4 Å². The number of hydrogen-bond donors (Lipinski definition) is 1. The molecule has 0 spiro atoms.